The molecule has 6 heteroatoms. The van der Waals surface area contributed by atoms with E-state index < -0.39 is 0 Å². The molecule has 28 heavy (non-hydrogen) atoms. The number of ether oxygens (including phenoxy) is 2. The zero-order chi connectivity index (χ0) is 19.8. The van der Waals surface area contributed by atoms with Crippen molar-refractivity contribution >= 4 is 34.7 Å². The van der Waals surface area contributed by atoms with E-state index in [0.717, 1.165) is 11.3 Å². The summed E-state index contributed by atoms with van der Waals surface area (Å²) in [6.45, 7) is 1.97. The average Bonchev–Trinajstić information content (AvgIpc) is 2.71. The highest BCUT2D eigenvalue weighted by molar-refractivity contribution is 7.99. The van der Waals surface area contributed by atoms with Crippen molar-refractivity contribution in [2.45, 2.75) is 11.8 Å². The van der Waals surface area contributed by atoms with Crippen LogP contribution in [0.25, 0.3) is 10.8 Å². The van der Waals surface area contributed by atoms with Gasteiger partial charge in [0.1, 0.15) is 0 Å². The molecule has 0 atom stereocenters. The molecule has 0 aromatic heterocycles. The molecule has 0 unspecified atom stereocenters. The summed E-state index contributed by atoms with van der Waals surface area (Å²) in [5.41, 5.74) is 3.18. The van der Waals surface area contributed by atoms with Crippen LogP contribution in [0.1, 0.15) is 12.5 Å². The van der Waals surface area contributed by atoms with E-state index in [1.165, 1.54) is 22.6 Å². The van der Waals surface area contributed by atoms with Gasteiger partial charge in [-0.05, 0) is 40.6 Å². The fourth-order valence-electron chi connectivity index (χ4n) is 2.71. The third-order valence-corrected chi connectivity index (χ3v) is 5.01. The van der Waals surface area contributed by atoms with Crippen LogP contribution >= 0.6 is 11.8 Å². The summed E-state index contributed by atoms with van der Waals surface area (Å²) < 4.78 is 11.3. The van der Waals surface area contributed by atoms with Crippen molar-refractivity contribution in [1.82, 2.24) is 5.43 Å². The van der Waals surface area contributed by atoms with Gasteiger partial charge in [0.15, 0.2) is 11.5 Å². The number of carbonyl (C=O) groups excluding carboxylic acids is 1. The van der Waals surface area contributed by atoms with Gasteiger partial charge in [-0.25, -0.2) is 5.43 Å². The molecule has 3 aromatic carbocycles. The zero-order valence-corrected chi connectivity index (χ0v) is 16.7. The predicted molar refractivity (Wildman–Crippen MR) is 115 cm³/mol. The maximum atomic E-state index is 10.9. The second kappa shape index (κ2) is 9.80. The second-order valence-corrected chi connectivity index (χ2v) is 7.15. The molecular formula is C22H22N2O3S. The quantitative estimate of drug-likeness (QED) is 0.265. The van der Waals surface area contributed by atoms with Crippen molar-refractivity contribution in [3.05, 3.63) is 66.2 Å². The van der Waals surface area contributed by atoms with Crippen LogP contribution in [0.4, 0.5) is 0 Å². The summed E-state index contributed by atoms with van der Waals surface area (Å²) in [4.78, 5) is 12.1. The number of thioether (sulfide) groups is 1. The zero-order valence-electron chi connectivity index (χ0n) is 15.8. The molecule has 144 valence electrons. The Morgan fingerprint density at radius 1 is 1.11 bits per heavy atom. The number of carbonyl (C=O) groups is 1. The van der Waals surface area contributed by atoms with Crippen molar-refractivity contribution < 1.29 is 14.3 Å². The van der Waals surface area contributed by atoms with Gasteiger partial charge in [0.25, 0.3) is 0 Å². The number of nitrogens with one attached hydrogen (secondary N) is 1. The molecule has 1 amide bonds. The molecule has 1 N–H and O–H groups in total. The van der Waals surface area contributed by atoms with Crippen molar-refractivity contribution in [2.75, 3.05) is 19.5 Å². The lowest BCUT2D eigenvalue weighted by Gasteiger charge is -2.11. The number of amides is 1. The average molecular weight is 394 g/mol. The SMILES string of the molecule is COc1cc(/C=N\NC(C)=O)ccc1OCCSc1cccc2ccccc12. The van der Waals surface area contributed by atoms with E-state index in [1.54, 1.807) is 25.1 Å². The Kier molecular flexibility index (Phi) is 6.92. The lowest BCUT2D eigenvalue weighted by molar-refractivity contribution is -0.118. The van der Waals surface area contributed by atoms with Crippen molar-refractivity contribution in [3.63, 3.8) is 0 Å². The molecule has 0 saturated heterocycles. The Morgan fingerprint density at radius 2 is 1.93 bits per heavy atom. The normalized spacial score (nSPS) is 10.9. The first-order chi connectivity index (χ1) is 13.7. The van der Waals surface area contributed by atoms with Crippen LogP contribution in [-0.4, -0.2) is 31.6 Å². The minimum atomic E-state index is -0.216. The molecule has 0 bridgehead atoms. The molecule has 3 aromatic rings. The summed E-state index contributed by atoms with van der Waals surface area (Å²) in [5.74, 6) is 1.91. The maximum absolute atomic E-state index is 10.9. The van der Waals surface area contributed by atoms with Crippen LogP contribution < -0.4 is 14.9 Å². The predicted octanol–water partition coefficient (Wildman–Crippen LogP) is 4.49. The number of fused-ring (bicyclic) bond motifs is 1. The van der Waals surface area contributed by atoms with Gasteiger partial charge in [-0.3, -0.25) is 4.79 Å². The molecule has 0 aliphatic carbocycles. The summed E-state index contributed by atoms with van der Waals surface area (Å²) in [7, 11) is 1.60. The summed E-state index contributed by atoms with van der Waals surface area (Å²) in [6.07, 6.45) is 1.56. The van der Waals surface area contributed by atoms with Gasteiger partial charge in [-0.15, -0.1) is 11.8 Å². The van der Waals surface area contributed by atoms with Crippen molar-refractivity contribution in [3.8, 4) is 11.5 Å². The Balaban J connectivity index is 1.58. The fraction of sp³-hybridized carbons (Fsp3) is 0.182. The van der Waals surface area contributed by atoms with E-state index in [1.807, 2.05) is 18.2 Å². The van der Waals surface area contributed by atoms with Gasteiger partial charge < -0.3 is 9.47 Å². The number of rotatable bonds is 8. The van der Waals surface area contributed by atoms with Crippen molar-refractivity contribution in [2.24, 2.45) is 5.10 Å². The van der Waals surface area contributed by atoms with E-state index in [9.17, 15) is 4.79 Å². The second-order valence-electron chi connectivity index (χ2n) is 6.01. The van der Waals surface area contributed by atoms with Gasteiger partial charge in [-0.2, -0.15) is 5.10 Å². The van der Waals surface area contributed by atoms with Gasteiger partial charge in [0.05, 0.1) is 19.9 Å². The first-order valence-electron chi connectivity index (χ1n) is 8.88. The highest BCUT2D eigenvalue weighted by Crippen LogP contribution is 2.30. The van der Waals surface area contributed by atoms with Crippen LogP contribution in [0.5, 0.6) is 11.5 Å². The third-order valence-electron chi connectivity index (χ3n) is 3.97. The third kappa shape index (κ3) is 5.27. The Labute approximate surface area is 168 Å². The minimum absolute atomic E-state index is 0.216. The smallest absolute Gasteiger partial charge is 0.236 e. The Bertz CT molecular complexity index is 983. The number of benzene rings is 3. The standard InChI is InChI=1S/C22H22N2O3S/c1-16(25)24-23-15-17-10-11-20(21(14-17)26-2)27-12-13-28-22-9-5-7-18-6-3-4-8-19(18)22/h3-11,14-15H,12-13H2,1-2H3,(H,24,25)/b23-15-. The highest BCUT2D eigenvalue weighted by Gasteiger charge is 2.06. The molecule has 3 rings (SSSR count). The van der Waals surface area contributed by atoms with Crippen LogP contribution in [0.2, 0.25) is 0 Å². The monoisotopic (exact) mass is 394 g/mol. The minimum Gasteiger partial charge on any atom is -0.493 e. The Hall–Kier alpha value is -2.99. The fourth-order valence-corrected chi connectivity index (χ4v) is 3.61. The van der Waals surface area contributed by atoms with E-state index >= 15 is 0 Å². The summed E-state index contributed by atoms with van der Waals surface area (Å²) in [6, 6.07) is 20.2. The lowest BCUT2D eigenvalue weighted by atomic mass is 10.1. The molecule has 0 spiro atoms. The van der Waals surface area contributed by atoms with Gasteiger partial charge >= 0.3 is 0 Å². The molecular weight excluding hydrogens is 372 g/mol. The summed E-state index contributed by atoms with van der Waals surface area (Å²) in [5, 5.41) is 6.36. The maximum Gasteiger partial charge on any atom is 0.236 e. The number of hydrogen-bond acceptors (Lipinski definition) is 5. The van der Waals surface area contributed by atoms with Crippen LogP contribution in [0, 0.1) is 0 Å². The number of hydrazone groups is 1. The van der Waals surface area contributed by atoms with Gasteiger partial charge in [0, 0.05) is 17.6 Å². The van der Waals surface area contributed by atoms with E-state index in [0.29, 0.717) is 18.1 Å². The molecule has 0 saturated carbocycles. The molecule has 0 fully saturated rings. The van der Waals surface area contributed by atoms with Crippen LogP contribution in [0.3, 0.4) is 0 Å². The van der Waals surface area contributed by atoms with Gasteiger partial charge in [0.2, 0.25) is 5.91 Å². The first kappa shape index (κ1) is 19.8. The van der Waals surface area contributed by atoms with Crippen LogP contribution in [-0.2, 0) is 4.79 Å². The number of nitrogens with zero attached hydrogens (tertiary/aromatic N) is 1. The molecule has 0 aliphatic rings. The van der Waals surface area contributed by atoms with E-state index in [2.05, 4.69) is 53.0 Å². The van der Waals surface area contributed by atoms with Gasteiger partial charge in [-0.1, -0.05) is 36.4 Å². The van der Waals surface area contributed by atoms with E-state index in [-0.39, 0.29) is 5.91 Å². The lowest BCUT2D eigenvalue weighted by Crippen LogP contribution is -2.12. The highest BCUT2D eigenvalue weighted by atomic mass is 32.2. The molecule has 0 heterocycles. The largest absolute Gasteiger partial charge is 0.493 e. The van der Waals surface area contributed by atoms with Crippen molar-refractivity contribution in [1.29, 1.82) is 0 Å². The molecule has 0 aliphatic heterocycles. The first-order valence-corrected chi connectivity index (χ1v) is 9.87. The number of methoxy groups -OCH3 is 1. The molecule has 0 radical (unpaired) electrons. The topological polar surface area (TPSA) is 59.9 Å². The van der Waals surface area contributed by atoms with E-state index in [4.69, 9.17) is 9.47 Å². The molecule has 5 nitrogen and oxygen atoms in total. The summed E-state index contributed by atoms with van der Waals surface area (Å²) >= 11 is 1.77. The van der Waals surface area contributed by atoms with Crippen LogP contribution in [0.15, 0.2) is 70.7 Å². The Morgan fingerprint density at radius 3 is 2.75 bits per heavy atom. The number of hydrogen-bond donors (Lipinski definition) is 1.